The Hall–Kier alpha value is -1.94. The van der Waals surface area contributed by atoms with E-state index < -0.39 is 0 Å². The molecule has 0 radical (unpaired) electrons. The Kier molecular flexibility index (Phi) is 3.89. The molecule has 0 fully saturated rings. The van der Waals surface area contributed by atoms with Crippen molar-refractivity contribution < 1.29 is 9.13 Å². The Labute approximate surface area is 105 Å². The van der Waals surface area contributed by atoms with Crippen molar-refractivity contribution in [3.8, 4) is 5.75 Å². The molecule has 0 amide bonds. The minimum Gasteiger partial charge on any atom is -0.497 e. The number of methoxy groups -OCH3 is 1. The van der Waals surface area contributed by atoms with E-state index in [1.165, 1.54) is 13.2 Å². The van der Waals surface area contributed by atoms with Crippen molar-refractivity contribution in [2.75, 3.05) is 7.11 Å². The lowest BCUT2D eigenvalue weighted by atomic mass is 10.00. The molecule has 1 aromatic carbocycles. The average molecular weight is 246 g/mol. The van der Waals surface area contributed by atoms with Gasteiger partial charge in [-0.15, -0.1) is 0 Å². The van der Waals surface area contributed by atoms with Gasteiger partial charge >= 0.3 is 0 Å². The van der Waals surface area contributed by atoms with Crippen molar-refractivity contribution in [1.29, 1.82) is 0 Å². The van der Waals surface area contributed by atoms with Gasteiger partial charge in [-0.25, -0.2) is 4.39 Å². The molecule has 2 rings (SSSR count). The number of hydrogen-bond acceptors (Lipinski definition) is 3. The van der Waals surface area contributed by atoms with E-state index in [-0.39, 0.29) is 11.9 Å². The summed E-state index contributed by atoms with van der Waals surface area (Å²) in [6.07, 6.45) is 3.99. The van der Waals surface area contributed by atoms with Crippen molar-refractivity contribution >= 4 is 0 Å². The van der Waals surface area contributed by atoms with Crippen molar-refractivity contribution in [2.24, 2.45) is 5.73 Å². The highest BCUT2D eigenvalue weighted by Crippen LogP contribution is 2.22. The quantitative estimate of drug-likeness (QED) is 0.901. The number of nitrogens with zero attached hydrogens (tertiary/aromatic N) is 1. The van der Waals surface area contributed by atoms with Crippen molar-refractivity contribution in [2.45, 2.75) is 12.5 Å². The fourth-order valence-electron chi connectivity index (χ4n) is 1.82. The number of ether oxygens (including phenoxy) is 1. The molecule has 0 spiro atoms. The molecule has 0 aliphatic carbocycles. The van der Waals surface area contributed by atoms with Crippen LogP contribution in [-0.2, 0) is 6.42 Å². The van der Waals surface area contributed by atoms with Crippen molar-refractivity contribution in [1.82, 2.24) is 4.98 Å². The summed E-state index contributed by atoms with van der Waals surface area (Å²) in [5.74, 6) is 0.149. The number of benzene rings is 1. The van der Waals surface area contributed by atoms with Gasteiger partial charge in [-0.1, -0.05) is 12.1 Å². The van der Waals surface area contributed by atoms with Crippen LogP contribution in [0.4, 0.5) is 4.39 Å². The molecule has 2 N–H and O–H groups in total. The van der Waals surface area contributed by atoms with Gasteiger partial charge in [0.1, 0.15) is 11.6 Å². The van der Waals surface area contributed by atoms with E-state index in [4.69, 9.17) is 10.5 Å². The topological polar surface area (TPSA) is 48.1 Å². The van der Waals surface area contributed by atoms with Gasteiger partial charge < -0.3 is 10.5 Å². The van der Waals surface area contributed by atoms with E-state index in [0.717, 1.165) is 5.56 Å². The number of rotatable bonds is 4. The lowest BCUT2D eigenvalue weighted by Crippen LogP contribution is -2.15. The van der Waals surface area contributed by atoms with E-state index in [1.54, 1.807) is 24.5 Å². The van der Waals surface area contributed by atoms with Crippen LogP contribution in [0.5, 0.6) is 5.75 Å². The van der Waals surface area contributed by atoms with Crippen LogP contribution in [0.2, 0.25) is 0 Å². The molecular formula is C14H15FN2O. The Morgan fingerprint density at radius 3 is 2.83 bits per heavy atom. The number of aromatic nitrogens is 1. The highest BCUT2D eigenvalue weighted by atomic mass is 19.1. The van der Waals surface area contributed by atoms with Gasteiger partial charge in [-0.05, 0) is 24.1 Å². The molecular weight excluding hydrogens is 231 g/mol. The van der Waals surface area contributed by atoms with Crippen LogP contribution >= 0.6 is 0 Å². The largest absolute Gasteiger partial charge is 0.497 e. The maximum atomic E-state index is 13.8. The summed E-state index contributed by atoms with van der Waals surface area (Å²) < 4.78 is 18.8. The third-order valence-corrected chi connectivity index (χ3v) is 2.79. The van der Waals surface area contributed by atoms with E-state index in [1.807, 2.05) is 12.1 Å². The van der Waals surface area contributed by atoms with Crippen LogP contribution in [0.3, 0.4) is 0 Å². The first kappa shape index (κ1) is 12.5. The maximum Gasteiger partial charge on any atom is 0.131 e. The monoisotopic (exact) mass is 246 g/mol. The molecule has 18 heavy (non-hydrogen) atoms. The molecule has 1 atom stereocenters. The third kappa shape index (κ3) is 2.84. The lowest BCUT2D eigenvalue weighted by Gasteiger charge is -2.13. The summed E-state index contributed by atoms with van der Waals surface area (Å²) in [7, 11) is 1.50. The molecule has 2 aromatic rings. The Balaban J connectivity index is 2.16. The van der Waals surface area contributed by atoms with Crippen LogP contribution in [0.25, 0.3) is 0 Å². The van der Waals surface area contributed by atoms with Crippen LogP contribution in [0.15, 0.2) is 42.7 Å². The zero-order valence-electron chi connectivity index (χ0n) is 10.1. The smallest absolute Gasteiger partial charge is 0.131 e. The summed E-state index contributed by atoms with van der Waals surface area (Å²) >= 11 is 0. The van der Waals surface area contributed by atoms with Gasteiger partial charge in [0.25, 0.3) is 0 Å². The summed E-state index contributed by atoms with van der Waals surface area (Å²) in [6.45, 7) is 0. The third-order valence-electron chi connectivity index (χ3n) is 2.79. The Bertz CT molecular complexity index is 516. The van der Waals surface area contributed by atoms with Crippen LogP contribution in [0.1, 0.15) is 17.2 Å². The van der Waals surface area contributed by atoms with E-state index in [0.29, 0.717) is 17.7 Å². The van der Waals surface area contributed by atoms with Gasteiger partial charge in [0.2, 0.25) is 0 Å². The molecule has 0 saturated heterocycles. The molecule has 4 heteroatoms. The predicted octanol–water partition coefficient (Wildman–Crippen LogP) is 2.47. The standard InChI is InChI=1S/C14H15FN2O/c1-18-11-4-5-12(13(15)8-11)14(16)7-10-3-2-6-17-9-10/h2-6,8-9,14H,7,16H2,1H3. The highest BCUT2D eigenvalue weighted by Gasteiger charge is 2.12. The molecule has 1 unspecified atom stereocenters. The normalized spacial score (nSPS) is 12.2. The summed E-state index contributed by atoms with van der Waals surface area (Å²) in [5.41, 5.74) is 7.48. The van der Waals surface area contributed by atoms with Crippen LogP contribution < -0.4 is 10.5 Å². The van der Waals surface area contributed by atoms with Gasteiger partial charge in [-0.2, -0.15) is 0 Å². The zero-order valence-corrected chi connectivity index (χ0v) is 10.1. The second-order valence-corrected chi connectivity index (χ2v) is 4.06. The van der Waals surface area contributed by atoms with E-state index in [2.05, 4.69) is 4.98 Å². The van der Waals surface area contributed by atoms with Crippen molar-refractivity contribution in [3.63, 3.8) is 0 Å². The first-order valence-electron chi connectivity index (χ1n) is 5.68. The second kappa shape index (κ2) is 5.60. The fourth-order valence-corrected chi connectivity index (χ4v) is 1.82. The maximum absolute atomic E-state index is 13.8. The second-order valence-electron chi connectivity index (χ2n) is 4.06. The molecule has 3 nitrogen and oxygen atoms in total. The first-order valence-corrected chi connectivity index (χ1v) is 5.68. The van der Waals surface area contributed by atoms with Gasteiger partial charge in [-0.3, -0.25) is 4.98 Å². The number of nitrogens with two attached hydrogens (primary N) is 1. The molecule has 0 aliphatic heterocycles. The fraction of sp³-hybridized carbons (Fsp3) is 0.214. The Morgan fingerprint density at radius 2 is 2.22 bits per heavy atom. The molecule has 1 aromatic heterocycles. The minimum absolute atomic E-state index is 0.342. The summed E-state index contributed by atoms with van der Waals surface area (Å²) in [5, 5.41) is 0. The summed E-state index contributed by atoms with van der Waals surface area (Å²) in [6, 6.07) is 8.09. The van der Waals surface area contributed by atoms with E-state index >= 15 is 0 Å². The summed E-state index contributed by atoms with van der Waals surface area (Å²) in [4.78, 5) is 4.01. The molecule has 0 bridgehead atoms. The van der Waals surface area contributed by atoms with Gasteiger partial charge in [0.05, 0.1) is 7.11 Å². The van der Waals surface area contributed by atoms with Gasteiger partial charge in [0, 0.05) is 30.1 Å². The lowest BCUT2D eigenvalue weighted by molar-refractivity contribution is 0.410. The van der Waals surface area contributed by atoms with E-state index in [9.17, 15) is 4.39 Å². The first-order chi connectivity index (χ1) is 8.70. The number of halogens is 1. The van der Waals surface area contributed by atoms with Crippen LogP contribution in [0, 0.1) is 5.82 Å². The molecule has 94 valence electrons. The average Bonchev–Trinajstić information content (AvgIpc) is 2.39. The number of pyridine rings is 1. The van der Waals surface area contributed by atoms with Crippen molar-refractivity contribution in [3.05, 3.63) is 59.7 Å². The SMILES string of the molecule is COc1ccc(C(N)Cc2cccnc2)c(F)c1. The highest BCUT2D eigenvalue weighted by molar-refractivity contribution is 5.31. The molecule has 1 heterocycles. The molecule has 0 aliphatic rings. The number of hydrogen-bond donors (Lipinski definition) is 1. The minimum atomic E-state index is -0.389. The Morgan fingerprint density at radius 1 is 1.39 bits per heavy atom. The predicted molar refractivity (Wildman–Crippen MR) is 67.8 cm³/mol. The van der Waals surface area contributed by atoms with Gasteiger partial charge in [0.15, 0.2) is 0 Å². The van der Waals surface area contributed by atoms with Crippen LogP contribution in [-0.4, -0.2) is 12.1 Å². The zero-order chi connectivity index (χ0) is 13.0. The molecule has 0 saturated carbocycles.